The van der Waals surface area contributed by atoms with Crippen LogP contribution in [-0.4, -0.2) is 0 Å². The summed E-state index contributed by atoms with van der Waals surface area (Å²) >= 11 is 1.60. The van der Waals surface area contributed by atoms with Crippen LogP contribution in [0.5, 0.6) is 0 Å². The fourth-order valence-electron chi connectivity index (χ4n) is 4.62. The van der Waals surface area contributed by atoms with Crippen molar-refractivity contribution in [3.63, 3.8) is 0 Å². The molecule has 0 aromatic heterocycles. The molecular weight excluding hydrogens is 486 g/mol. The molecule has 0 spiro atoms. The van der Waals surface area contributed by atoms with Gasteiger partial charge >= 0.3 is 183 Å². The monoisotopic (exact) mass is 507 g/mol. The van der Waals surface area contributed by atoms with Gasteiger partial charge < -0.3 is 24.8 Å². The number of rotatable bonds is 4. The second kappa shape index (κ2) is 9.82. The summed E-state index contributed by atoms with van der Waals surface area (Å²) < 4.78 is 0.598. The molecule has 1 unspecified atom stereocenters. The predicted octanol–water partition coefficient (Wildman–Crippen LogP) is 1.59. The van der Waals surface area contributed by atoms with Crippen molar-refractivity contribution in [2.75, 3.05) is 0 Å². The number of hydrogen-bond acceptors (Lipinski definition) is 0. The Morgan fingerprint density at radius 1 is 0.733 bits per heavy atom. The van der Waals surface area contributed by atoms with Gasteiger partial charge in [0.25, 0.3) is 0 Å². The van der Waals surface area contributed by atoms with Crippen molar-refractivity contribution >= 4 is 27.1 Å². The molecule has 0 fully saturated rings. The third-order valence-electron chi connectivity index (χ3n) is 6.03. The predicted molar refractivity (Wildman–Crippen MR) is 116 cm³/mol. The van der Waals surface area contributed by atoms with E-state index in [0.717, 1.165) is 0 Å². The zero-order valence-electron chi connectivity index (χ0n) is 17.0. The molecule has 4 aromatic rings. The van der Waals surface area contributed by atoms with Gasteiger partial charge in [0, 0.05) is 0 Å². The number of fused-ring (bicyclic) bond motifs is 3. The number of benzene rings is 4. The molecule has 3 heteroatoms. The molecule has 0 radical (unpaired) electrons. The van der Waals surface area contributed by atoms with E-state index < -0.39 is 0 Å². The van der Waals surface area contributed by atoms with Crippen LogP contribution in [-0.2, 0) is 24.7 Å². The van der Waals surface area contributed by atoms with E-state index in [1.54, 1.807) is 30.3 Å². The van der Waals surface area contributed by atoms with E-state index in [0.29, 0.717) is 3.63 Å². The van der Waals surface area contributed by atoms with Crippen LogP contribution in [0, 0.1) is 0 Å². The van der Waals surface area contributed by atoms with E-state index in [9.17, 15) is 0 Å². The normalized spacial score (nSPS) is 15.1. The van der Waals surface area contributed by atoms with Gasteiger partial charge in [-0.05, 0) is 0 Å². The minimum atomic E-state index is 0. The van der Waals surface area contributed by atoms with Crippen molar-refractivity contribution < 1.29 is 49.5 Å². The van der Waals surface area contributed by atoms with Crippen LogP contribution in [0.25, 0.3) is 27.1 Å². The van der Waals surface area contributed by atoms with Gasteiger partial charge in [-0.1, -0.05) is 0 Å². The van der Waals surface area contributed by atoms with E-state index in [1.165, 1.54) is 63.1 Å². The molecule has 1 aliphatic rings. The fourth-order valence-corrected chi connectivity index (χ4v) is 5.95. The average Bonchev–Trinajstić information content (AvgIpc) is 3.02. The molecule has 0 heterocycles. The summed E-state index contributed by atoms with van der Waals surface area (Å²) in [4.78, 5) is 0. The molecule has 0 N–H and O–H groups in total. The minimum Gasteiger partial charge on any atom is -1.00 e. The van der Waals surface area contributed by atoms with Crippen LogP contribution in [0.4, 0.5) is 0 Å². The number of allylic oxidation sites excluding steroid dienone is 1. The first-order valence-corrected chi connectivity index (χ1v) is 11.6. The van der Waals surface area contributed by atoms with Gasteiger partial charge in [-0.25, -0.2) is 0 Å². The fraction of sp³-hybridized carbons (Fsp3) is 0.185. The summed E-state index contributed by atoms with van der Waals surface area (Å²) in [5, 5.41) is 5.36. The first-order chi connectivity index (χ1) is 13.8. The molecule has 0 saturated heterocycles. The quantitative estimate of drug-likeness (QED) is 0.367. The van der Waals surface area contributed by atoms with Crippen molar-refractivity contribution in [3.05, 3.63) is 101 Å². The largest absolute Gasteiger partial charge is 1.00 e. The Bertz CT molecular complexity index is 1230. The van der Waals surface area contributed by atoms with Crippen LogP contribution in [0.15, 0.2) is 84.4 Å². The third kappa shape index (κ3) is 3.93. The van der Waals surface area contributed by atoms with Crippen molar-refractivity contribution in [2.24, 2.45) is 0 Å². The van der Waals surface area contributed by atoms with E-state index in [2.05, 4.69) is 85.8 Å². The molecule has 5 rings (SSSR count). The molecule has 149 valence electrons. The van der Waals surface area contributed by atoms with Crippen LogP contribution < -0.4 is 24.8 Å². The van der Waals surface area contributed by atoms with E-state index in [4.69, 9.17) is 0 Å². The summed E-state index contributed by atoms with van der Waals surface area (Å²) in [6.45, 7) is 2.30. The Balaban J connectivity index is 0.00000128. The maximum atomic E-state index is 2.39. The van der Waals surface area contributed by atoms with Crippen molar-refractivity contribution in [1.29, 1.82) is 0 Å². The third-order valence-corrected chi connectivity index (χ3v) is 7.65. The maximum absolute atomic E-state index is 2.39. The Hall–Kier alpha value is -1.40. The second-order valence-corrected chi connectivity index (χ2v) is 9.17. The average molecular weight is 510 g/mol. The molecule has 0 aliphatic heterocycles. The van der Waals surface area contributed by atoms with Crippen LogP contribution >= 0.6 is 0 Å². The second-order valence-electron chi connectivity index (χ2n) is 7.75. The summed E-state index contributed by atoms with van der Waals surface area (Å²) in [6.07, 6.45) is 3.72. The number of unbranched alkanes of at least 4 members (excludes halogenated alkanes) is 1. The Morgan fingerprint density at radius 2 is 1.37 bits per heavy atom. The van der Waals surface area contributed by atoms with E-state index in [-0.39, 0.29) is 24.8 Å². The zero-order valence-corrected chi connectivity index (χ0v) is 20.9. The Labute approximate surface area is 206 Å². The molecule has 0 bridgehead atoms. The number of hydrogen-bond donors (Lipinski definition) is 0. The minimum absolute atomic E-state index is 0. The van der Waals surface area contributed by atoms with E-state index >= 15 is 0 Å². The Morgan fingerprint density at radius 3 is 2.13 bits per heavy atom. The molecule has 4 aromatic carbocycles. The number of halogens is 2. The van der Waals surface area contributed by atoms with E-state index in [1.807, 2.05) is 0 Å². The zero-order chi connectivity index (χ0) is 19.1. The van der Waals surface area contributed by atoms with Crippen LogP contribution in [0.1, 0.15) is 46.5 Å². The topological polar surface area (TPSA) is 0 Å². The molecular formula is C27H23Cl2Zr. The Kier molecular flexibility index (Phi) is 7.62. The first kappa shape index (κ1) is 23.3. The summed E-state index contributed by atoms with van der Waals surface area (Å²) in [5.74, 6) is 0. The van der Waals surface area contributed by atoms with Crippen molar-refractivity contribution in [1.82, 2.24) is 0 Å². The molecule has 30 heavy (non-hydrogen) atoms. The molecule has 1 atom stereocenters. The van der Waals surface area contributed by atoms with Crippen LogP contribution in [0.3, 0.4) is 0 Å². The summed E-state index contributed by atoms with van der Waals surface area (Å²) in [7, 11) is 0. The summed E-state index contributed by atoms with van der Waals surface area (Å²) in [6, 6.07) is 29.3. The maximum Gasteiger partial charge on any atom is -1.00 e. The van der Waals surface area contributed by atoms with Gasteiger partial charge in [-0.3, -0.25) is 0 Å². The van der Waals surface area contributed by atoms with Crippen LogP contribution in [0.2, 0.25) is 0 Å². The first-order valence-electron chi connectivity index (χ1n) is 10.2. The van der Waals surface area contributed by atoms with Gasteiger partial charge in [-0.15, -0.1) is 0 Å². The van der Waals surface area contributed by atoms with Crippen molar-refractivity contribution in [2.45, 2.75) is 29.8 Å². The molecule has 0 amide bonds. The molecule has 0 nitrogen and oxygen atoms in total. The van der Waals surface area contributed by atoms with Crippen molar-refractivity contribution in [3.8, 4) is 0 Å². The van der Waals surface area contributed by atoms with Gasteiger partial charge in [0.2, 0.25) is 0 Å². The summed E-state index contributed by atoms with van der Waals surface area (Å²) in [5.41, 5.74) is 7.55. The van der Waals surface area contributed by atoms with Gasteiger partial charge in [0.05, 0.1) is 0 Å². The van der Waals surface area contributed by atoms with Gasteiger partial charge in [-0.2, -0.15) is 0 Å². The van der Waals surface area contributed by atoms with Gasteiger partial charge in [0.1, 0.15) is 0 Å². The van der Waals surface area contributed by atoms with Gasteiger partial charge in [0.15, 0.2) is 0 Å². The molecule has 0 saturated carbocycles. The smallest absolute Gasteiger partial charge is 1.00 e. The SMILES string of the molecule is CCCCC1=C(c2cccc3cc4ccccc4cc23)c2ccccc2[CH]1[Zr+2].[Cl-].[Cl-]. The standard InChI is InChI=1S/C27H23.2ClH.Zr/c1-2-3-9-23-17-21-12-6-7-14-24(21)27(23)25-15-8-13-22-16-19-10-4-5-11-20(19)18-26(22)25;;;/h4-8,10-18H,2-3,9H2,1H3;2*1H;/q;;;+2/p-2. The molecule has 1 aliphatic carbocycles.